The second-order valence-corrected chi connectivity index (χ2v) is 6.80. The van der Waals surface area contributed by atoms with Crippen molar-refractivity contribution >= 4 is 35.1 Å². The number of benzene rings is 1. The lowest BCUT2D eigenvalue weighted by atomic mass is 9.86. The van der Waals surface area contributed by atoms with Crippen LogP contribution in [0.5, 0.6) is 5.75 Å². The maximum Gasteiger partial charge on any atom is 0.338 e. The summed E-state index contributed by atoms with van der Waals surface area (Å²) in [4.78, 5) is 24.0. The molecule has 0 saturated heterocycles. The third-order valence-corrected chi connectivity index (χ3v) is 4.79. The third-order valence-electron chi connectivity index (χ3n) is 4.23. The number of rotatable bonds is 5. The smallest absolute Gasteiger partial charge is 0.338 e. The Morgan fingerprint density at radius 3 is 2.42 bits per heavy atom. The fourth-order valence-corrected chi connectivity index (χ4v) is 3.51. The minimum Gasteiger partial charge on any atom is -0.494 e. The van der Waals surface area contributed by atoms with Crippen LogP contribution in [0.25, 0.3) is 0 Å². The summed E-state index contributed by atoms with van der Waals surface area (Å²) in [7, 11) is 1.43. The average Bonchev–Trinajstić information content (AvgIpc) is 2.54. The van der Waals surface area contributed by atoms with Gasteiger partial charge in [-0.25, -0.2) is 4.79 Å². The van der Waals surface area contributed by atoms with Crippen LogP contribution >= 0.6 is 23.2 Å². The van der Waals surface area contributed by atoms with Crippen LogP contribution < -0.4 is 10.1 Å². The highest BCUT2D eigenvalue weighted by Crippen LogP contribution is 2.34. The van der Waals surface area contributed by atoms with Crippen molar-refractivity contribution in [1.29, 1.82) is 0 Å². The first-order valence-electron chi connectivity index (χ1n) is 7.92. The van der Waals surface area contributed by atoms with E-state index in [-0.39, 0.29) is 34.2 Å². The van der Waals surface area contributed by atoms with E-state index in [1.807, 2.05) is 0 Å². The first kappa shape index (κ1) is 18.9. The van der Waals surface area contributed by atoms with Crippen LogP contribution in [0.3, 0.4) is 0 Å². The van der Waals surface area contributed by atoms with Crippen LogP contribution in [0.2, 0.25) is 10.0 Å². The second kappa shape index (κ2) is 8.58. The molecule has 0 radical (unpaired) electrons. The number of hydrogen-bond acceptors (Lipinski definition) is 4. The Hall–Kier alpha value is -1.46. The zero-order valence-electron chi connectivity index (χ0n) is 13.7. The molecule has 2 rings (SSSR count). The molecule has 1 amide bonds. The molecule has 0 heterocycles. The van der Waals surface area contributed by atoms with E-state index in [0.717, 1.165) is 19.3 Å². The summed E-state index contributed by atoms with van der Waals surface area (Å²) < 4.78 is 10.1. The van der Waals surface area contributed by atoms with Crippen molar-refractivity contribution in [3.05, 3.63) is 27.7 Å². The highest BCUT2D eigenvalue weighted by Gasteiger charge is 2.23. The summed E-state index contributed by atoms with van der Waals surface area (Å²) in [6.45, 7) is 1.79. The maximum absolute atomic E-state index is 12.0. The number of ether oxygens (including phenoxy) is 2. The summed E-state index contributed by atoms with van der Waals surface area (Å²) >= 11 is 12.0. The van der Waals surface area contributed by atoms with E-state index < -0.39 is 5.97 Å². The molecule has 5 nitrogen and oxygen atoms in total. The summed E-state index contributed by atoms with van der Waals surface area (Å²) in [6.07, 6.45) is 4.37. The molecule has 0 bridgehead atoms. The molecule has 1 fully saturated rings. The molecule has 0 spiro atoms. The number of carbonyl (C=O) groups is 2. The van der Waals surface area contributed by atoms with E-state index in [9.17, 15) is 9.59 Å². The van der Waals surface area contributed by atoms with Crippen LogP contribution in [0, 0.1) is 5.92 Å². The van der Waals surface area contributed by atoms with E-state index >= 15 is 0 Å². The lowest BCUT2D eigenvalue weighted by Crippen LogP contribution is -2.42. The average molecular weight is 374 g/mol. The van der Waals surface area contributed by atoms with Gasteiger partial charge in [0.25, 0.3) is 5.91 Å². The van der Waals surface area contributed by atoms with Gasteiger partial charge in [0.2, 0.25) is 0 Å². The predicted molar refractivity (Wildman–Crippen MR) is 92.9 cm³/mol. The lowest BCUT2D eigenvalue weighted by Gasteiger charge is -2.29. The molecule has 132 valence electrons. The number of esters is 1. The Balaban J connectivity index is 1.89. The molecule has 2 atom stereocenters. The van der Waals surface area contributed by atoms with Crippen molar-refractivity contribution in [2.75, 3.05) is 13.7 Å². The maximum atomic E-state index is 12.0. The first-order valence-corrected chi connectivity index (χ1v) is 8.67. The fraction of sp³-hybridized carbons (Fsp3) is 0.529. The Kier molecular flexibility index (Phi) is 6.75. The largest absolute Gasteiger partial charge is 0.494 e. The topological polar surface area (TPSA) is 64.6 Å². The number of amides is 1. The molecule has 1 saturated carbocycles. The van der Waals surface area contributed by atoms with Gasteiger partial charge in [0, 0.05) is 6.04 Å². The highest BCUT2D eigenvalue weighted by molar-refractivity contribution is 6.37. The van der Waals surface area contributed by atoms with Gasteiger partial charge in [0.15, 0.2) is 12.4 Å². The van der Waals surface area contributed by atoms with Gasteiger partial charge in [-0.2, -0.15) is 0 Å². The molecule has 24 heavy (non-hydrogen) atoms. The van der Waals surface area contributed by atoms with Crippen molar-refractivity contribution in [3.63, 3.8) is 0 Å². The molecule has 1 aromatic rings. The van der Waals surface area contributed by atoms with Crippen LogP contribution in [-0.4, -0.2) is 31.6 Å². The molecule has 1 aliphatic rings. The molecule has 0 unspecified atom stereocenters. The van der Waals surface area contributed by atoms with E-state index in [0.29, 0.717) is 11.7 Å². The predicted octanol–water partition coefficient (Wildman–Crippen LogP) is 3.85. The molecular weight excluding hydrogens is 353 g/mol. The zero-order valence-corrected chi connectivity index (χ0v) is 15.2. The lowest BCUT2D eigenvalue weighted by molar-refractivity contribution is -0.125. The number of carbonyl (C=O) groups excluding carboxylic acids is 2. The van der Waals surface area contributed by atoms with Crippen molar-refractivity contribution < 1.29 is 19.1 Å². The molecule has 1 aliphatic carbocycles. The Morgan fingerprint density at radius 1 is 1.21 bits per heavy atom. The second-order valence-electron chi connectivity index (χ2n) is 5.99. The molecule has 0 aromatic heterocycles. The fourth-order valence-electron chi connectivity index (χ4n) is 2.87. The Labute approximate surface area is 151 Å². The Bertz CT molecular complexity index is 598. The minimum absolute atomic E-state index is 0.148. The molecule has 1 N–H and O–H groups in total. The summed E-state index contributed by atoms with van der Waals surface area (Å²) in [6, 6.07) is 2.95. The van der Waals surface area contributed by atoms with Gasteiger partial charge in [0.05, 0.1) is 22.7 Å². The van der Waals surface area contributed by atoms with Crippen LogP contribution in [0.15, 0.2) is 12.1 Å². The Morgan fingerprint density at radius 2 is 1.83 bits per heavy atom. The van der Waals surface area contributed by atoms with Crippen molar-refractivity contribution in [1.82, 2.24) is 5.32 Å². The van der Waals surface area contributed by atoms with Gasteiger partial charge in [-0.05, 0) is 30.9 Å². The third kappa shape index (κ3) is 4.77. The minimum atomic E-state index is -0.659. The van der Waals surface area contributed by atoms with Gasteiger partial charge in [-0.3, -0.25) is 4.79 Å². The van der Waals surface area contributed by atoms with E-state index in [1.54, 1.807) is 0 Å². The number of nitrogens with one attached hydrogen (secondary N) is 1. The van der Waals surface area contributed by atoms with Crippen LogP contribution in [0.4, 0.5) is 0 Å². The monoisotopic (exact) mass is 373 g/mol. The summed E-state index contributed by atoms with van der Waals surface area (Å²) in [5.74, 6) is -0.224. The van der Waals surface area contributed by atoms with E-state index in [1.165, 1.54) is 25.7 Å². The molecule has 1 aromatic carbocycles. The number of halogens is 2. The van der Waals surface area contributed by atoms with Gasteiger partial charge < -0.3 is 14.8 Å². The van der Waals surface area contributed by atoms with Gasteiger partial charge >= 0.3 is 5.97 Å². The van der Waals surface area contributed by atoms with Crippen LogP contribution in [-0.2, 0) is 9.53 Å². The van der Waals surface area contributed by atoms with Gasteiger partial charge in [-0.1, -0.05) is 43.0 Å². The van der Waals surface area contributed by atoms with E-state index in [4.69, 9.17) is 32.7 Å². The molecule has 7 heteroatoms. The number of hydrogen-bond donors (Lipinski definition) is 1. The normalized spacial score (nSPS) is 20.3. The zero-order chi connectivity index (χ0) is 17.7. The van der Waals surface area contributed by atoms with Gasteiger partial charge in [0.1, 0.15) is 0 Å². The summed E-state index contributed by atoms with van der Waals surface area (Å²) in [5.41, 5.74) is 0.171. The number of methoxy groups -OCH3 is 1. The molecule has 0 aliphatic heterocycles. The first-order chi connectivity index (χ1) is 11.4. The van der Waals surface area contributed by atoms with Crippen molar-refractivity contribution in [2.45, 2.75) is 38.6 Å². The van der Waals surface area contributed by atoms with E-state index in [2.05, 4.69) is 12.2 Å². The summed E-state index contributed by atoms with van der Waals surface area (Å²) in [5, 5.41) is 3.34. The van der Waals surface area contributed by atoms with Crippen LogP contribution in [0.1, 0.15) is 43.0 Å². The van der Waals surface area contributed by atoms with Gasteiger partial charge in [-0.15, -0.1) is 0 Å². The quantitative estimate of drug-likeness (QED) is 0.795. The standard InChI is InChI=1S/C17H21Cl2NO4/c1-10-5-3-4-6-14(10)20-15(21)9-24-17(22)11-7-12(18)16(23-2)13(19)8-11/h7-8,10,14H,3-6,9H2,1-2H3,(H,20,21)/t10-,14+/m0/s1. The highest BCUT2D eigenvalue weighted by atomic mass is 35.5. The van der Waals surface area contributed by atoms with Crippen molar-refractivity contribution in [2.24, 2.45) is 5.92 Å². The SMILES string of the molecule is COc1c(Cl)cc(C(=O)OCC(=O)N[C@@H]2CCCC[C@@H]2C)cc1Cl. The molecular formula is C17H21Cl2NO4. The van der Waals surface area contributed by atoms with Crippen molar-refractivity contribution in [3.8, 4) is 5.75 Å².